The largest absolute Gasteiger partial charge is 0.292 e. The van der Waals surface area contributed by atoms with Gasteiger partial charge in [0.1, 0.15) is 6.54 Å². The van der Waals surface area contributed by atoms with E-state index in [0.717, 1.165) is 16.8 Å². The van der Waals surface area contributed by atoms with Crippen LogP contribution in [0.25, 0.3) is 0 Å². The van der Waals surface area contributed by atoms with Gasteiger partial charge in [0.2, 0.25) is 0 Å². The lowest BCUT2D eigenvalue weighted by molar-refractivity contribution is 0.1000. The highest BCUT2D eigenvalue weighted by Gasteiger charge is 2.16. The molecule has 0 aliphatic carbocycles. The van der Waals surface area contributed by atoms with Crippen molar-refractivity contribution < 1.29 is 4.79 Å². The Labute approximate surface area is 70.9 Å². The molecule has 1 aromatic rings. The number of aliphatic imine (C=N–C) groups is 1. The van der Waals surface area contributed by atoms with Gasteiger partial charge in [0, 0.05) is 16.8 Å². The normalized spacial score (nSPS) is 15.4. The first-order valence-electron chi connectivity index (χ1n) is 3.92. The molecule has 1 aliphatic heterocycles. The maximum atomic E-state index is 11.3. The molecule has 60 valence electrons. The van der Waals surface area contributed by atoms with Gasteiger partial charge in [-0.1, -0.05) is 24.3 Å². The van der Waals surface area contributed by atoms with E-state index in [4.69, 9.17) is 0 Å². The highest BCUT2D eigenvalue weighted by Crippen LogP contribution is 2.14. The number of fused-ring (bicyclic) bond motifs is 1. The van der Waals surface area contributed by atoms with Crippen molar-refractivity contribution in [3.63, 3.8) is 0 Å². The number of nitrogens with zero attached hydrogens (tertiary/aromatic N) is 1. The van der Waals surface area contributed by atoms with Crippen LogP contribution in [0.15, 0.2) is 29.3 Å². The third-order valence-corrected chi connectivity index (χ3v) is 2.08. The Morgan fingerprint density at radius 1 is 1.25 bits per heavy atom. The molecule has 0 unspecified atom stereocenters. The van der Waals surface area contributed by atoms with E-state index in [1.54, 1.807) is 0 Å². The Bertz CT molecular complexity index is 366. The Hall–Kier alpha value is -1.44. The van der Waals surface area contributed by atoms with Crippen molar-refractivity contribution in [3.05, 3.63) is 35.4 Å². The van der Waals surface area contributed by atoms with Crippen LogP contribution < -0.4 is 0 Å². The van der Waals surface area contributed by atoms with Crippen LogP contribution in [-0.4, -0.2) is 18.0 Å². The minimum absolute atomic E-state index is 0.121. The number of rotatable bonds is 0. The molecule has 0 fully saturated rings. The molecule has 0 atom stereocenters. The summed E-state index contributed by atoms with van der Waals surface area (Å²) in [5.74, 6) is 0.121. The van der Waals surface area contributed by atoms with E-state index in [9.17, 15) is 4.79 Å². The van der Waals surface area contributed by atoms with Gasteiger partial charge in [-0.2, -0.15) is 0 Å². The SMILES string of the molecule is CC1=NCC(=O)c2ccccc21. The van der Waals surface area contributed by atoms with Crippen LogP contribution in [0.1, 0.15) is 22.8 Å². The molecule has 0 amide bonds. The van der Waals surface area contributed by atoms with E-state index < -0.39 is 0 Å². The summed E-state index contributed by atoms with van der Waals surface area (Å²) in [5, 5.41) is 0. The molecule has 2 heteroatoms. The molecule has 12 heavy (non-hydrogen) atoms. The molecular formula is C10H9NO. The zero-order valence-electron chi connectivity index (χ0n) is 6.87. The highest BCUT2D eigenvalue weighted by molar-refractivity contribution is 6.14. The standard InChI is InChI=1S/C10H9NO/c1-7-8-4-2-3-5-9(8)10(12)6-11-7/h2-5H,6H2,1H3. The average Bonchev–Trinajstić information content (AvgIpc) is 2.12. The van der Waals surface area contributed by atoms with Gasteiger partial charge >= 0.3 is 0 Å². The molecule has 0 radical (unpaired) electrons. The number of hydrogen-bond acceptors (Lipinski definition) is 2. The summed E-state index contributed by atoms with van der Waals surface area (Å²) >= 11 is 0. The highest BCUT2D eigenvalue weighted by atomic mass is 16.1. The summed E-state index contributed by atoms with van der Waals surface area (Å²) in [6, 6.07) is 7.60. The van der Waals surface area contributed by atoms with Crippen LogP contribution in [0, 0.1) is 0 Å². The predicted octanol–water partition coefficient (Wildman–Crippen LogP) is 1.69. The van der Waals surface area contributed by atoms with Crippen molar-refractivity contribution >= 4 is 11.5 Å². The minimum Gasteiger partial charge on any atom is -0.292 e. The van der Waals surface area contributed by atoms with Gasteiger partial charge in [-0.15, -0.1) is 0 Å². The fourth-order valence-corrected chi connectivity index (χ4v) is 1.40. The number of ketones is 1. The first kappa shape index (κ1) is 7.22. The van der Waals surface area contributed by atoms with Crippen LogP contribution in [0.5, 0.6) is 0 Å². The molecule has 0 saturated carbocycles. The van der Waals surface area contributed by atoms with Gasteiger partial charge < -0.3 is 0 Å². The smallest absolute Gasteiger partial charge is 0.184 e. The van der Waals surface area contributed by atoms with Crippen molar-refractivity contribution in [2.75, 3.05) is 6.54 Å². The molecule has 0 spiro atoms. The van der Waals surface area contributed by atoms with E-state index >= 15 is 0 Å². The topological polar surface area (TPSA) is 29.4 Å². The lowest BCUT2D eigenvalue weighted by Gasteiger charge is -2.11. The van der Waals surface area contributed by atoms with Crippen LogP contribution in [0.4, 0.5) is 0 Å². The van der Waals surface area contributed by atoms with Gasteiger partial charge in [-0.05, 0) is 6.92 Å². The van der Waals surface area contributed by atoms with Gasteiger partial charge in [-0.25, -0.2) is 0 Å². The molecule has 0 bridgehead atoms. The number of benzene rings is 1. The summed E-state index contributed by atoms with van der Waals surface area (Å²) in [4.78, 5) is 15.4. The Balaban J connectivity index is 2.66. The molecule has 0 aromatic heterocycles. The summed E-state index contributed by atoms with van der Waals surface area (Å²) in [7, 11) is 0. The maximum absolute atomic E-state index is 11.3. The molecule has 0 saturated heterocycles. The van der Waals surface area contributed by atoms with Crippen molar-refractivity contribution in [2.45, 2.75) is 6.92 Å². The lowest BCUT2D eigenvalue weighted by atomic mass is 9.98. The molecule has 2 nitrogen and oxygen atoms in total. The Morgan fingerprint density at radius 2 is 1.92 bits per heavy atom. The van der Waals surface area contributed by atoms with Gasteiger partial charge in [0.15, 0.2) is 5.78 Å². The van der Waals surface area contributed by atoms with Crippen molar-refractivity contribution in [3.8, 4) is 0 Å². The fraction of sp³-hybridized carbons (Fsp3) is 0.200. The van der Waals surface area contributed by atoms with Crippen molar-refractivity contribution in [1.29, 1.82) is 0 Å². The average molecular weight is 159 g/mol. The number of Topliss-reactive ketones (excluding diaryl/α,β-unsaturated/α-hetero) is 1. The predicted molar refractivity (Wildman–Crippen MR) is 47.9 cm³/mol. The van der Waals surface area contributed by atoms with E-state index in [-0.39, 0.29) is 5.78 Å². The Morgan fingerprint density at radius 3 is 2.58 bits per heavy atom. The van der Waals surface area contributed by atoms with Crippen LogP contribution in [0.2, 0.25) is 0 Å². The van der Waals surface area contributed by atoms with Gasteiger partial charge in [0.25, 0.3) is 0 Å². The minimum atomic E-state index is 0.121. The van der Waals surface area contributed by atoms with Gasteiger partial charge in [-0.3, -0.25) is 9.79 Å². The number of carbonyl (C=O) groups is 1. The number of carbonyl (C=O) groups excluding carboxylic acids is 1. The third kappa shape index (κ3) is 0.961. The fourth-order valence-electron chi connectivity index (χ4n) is 1.40. The zero-order chi connectivity index (χ0) is 8.55. The molecule has 1 aromatic carbocycles. The summed E-state index contributed by atoms with van der Waals surface area (Å²) in [5.41, 5.74) is 2.75. The Kier molecular flexibility index (Phi) is 1.54. The monoisotopic (exact) mass is 159 g/mol. The number of hydrogen-bond donors (Lipinski definition) is 0. The second-order valence-electron chi connectivity index (χ2n) is 2.87. The molecular weight excluding hydrogens is 150 g/mol. The van der Waals surface area contributed by atoms with E-state index in [2.05, 4.69) is 4.99 Å². The van der Waals surface area contributed by atoms with Gasteiger partial charge in [0.05, 0.1) is 0 Å². The van der Waals surface area contributed by atoms with Crippen LogP contribution >= 0.6 is 0 Å². The zero-order valence-corrected chi connectivity index (χ0v) is 6.87. The summed E-state index contributed by atoms with van der Waals surface area (Å²) < 4.78 is 0. The van der Waals surface area contributed by atoms with E-state index in [1.807, 2.05) is 31.2 Å². The molecule has 0 N–H and O–H groups in total. The second-order valence-corrected chi connectivity index (χ2v) is 2.87. The molecule has 1 aliphatic rings. The van der Waals surface area contributed by atoms with Crippen LogP contribution in [-0.2, 0) is 0 Å². The lowest BCUT2D eigenvalue weighted by Crippen LogP contribution is -2.16. The molecule has 1 heterocycles. The van der Waals surface area contributed by atoms with E-state index in [1.165, 1.54) is 0 Å². The van der Waals surface area contributed by atoms with E-state index in [0.29, 0.717) is 6.54 Å². The summed E-state index contributed by atoms with van der Waals surface area (Å²) in [6.07, 6.45) is 0. The molecule has 2 rings (SSSR count). The quantitative estimate of drug-likeness (QED) is 0.566. The second kappa shape index (κ2) is 2.55. The van der Waals surface area contributed by atoms with Crippen molar-refractivity contribution in [1.82, 2.24) is 0 Å². The first-order chi connectivity index (χ1) is 5.79. The van der Waals surface area contributed by atoms with Crippen molar-refractivity contribution in [2.24, 2.45) is 4.99 Å². The third-order valence-electron chi connectivity index (χ3n) is 2.08. The first-order valence-corrected chi connectivity index (χ1v) is 3.92. The van der Waals surface area contributed by atoms with Crippen LogP contribution in [0.3, 0.4) is 0 Å². The summed E-state index contributed by atoms with van der Waals surface area (Å²) in [6.45, 7) is 2.24. The maximum Gasteiger partial charge on any atom is 0.184 e.